The Bertz CT molecular complexity index is 746. The largest absolute Gasteiger partial charge is 0.486 e. The molecule has 0 unspecified atom stereocenters. The zero-order valence-electron chi connectivity index (χ0n) is 16.2. The van der Waals surface area contributed by atoms with Gasteiger partial charge < -0.3 is 24.4 Å². The van der Waals surface area contributed by atoms with Crippen LogP contribution in [0.15, 0.2) is 18.2 Å². The molecule has 0 aromatic heterocycles. The minimum Gasteiger partial charge on any atom is -0.486 e. The Kier molecular flexibility index (Phi) is 6.38. The summed E-state index contributed by atoms with van der Waals surface area (Å²) >= 11 is 0. The van der Waals surface area contributed by atoms with Gasteiger partial charge >= 0.3 is 5.97 Å². The number of fused-ring (bicyclic) bond motifs is 1. The third-order valence-electron chi connectivity index (χ3n) is 4.99. The van der Waals surface area contributed by atoms with Gasteiger partial charge in [0.2, 0.25) is 5.91 Å². The van der Waals surface area contributed by atoms with Crippen LogP contribution in [0.5, 0.6) is 11.5 Å². The highest BCUT2D eigenvalue weighted by atomic mass is 16.6. The molecular weight excluding hydrogens is 364 g/mol. The van der Waals surface area contributed by atoms with Crippen molar-refractivity contribution in [2.24, 2.45) is 5.92 Å². The molecule has 0 aliphatic carbocycles. The summed E-state index contributed by atoms with van der Waals surface area (Å²) in [7, 11) is 0. The summed E-state index contributed by atoms with van der Waals surface area (Å²) in [6, 6.07) is 5.33. The molecule has 8 nitrogen and oxygen atoms in total. The quantitative estimate of drug-likeness (QED) is 0.712. The van der Waals surface area contributed by atoms with Gasteiger partial charge in [-0.1, -0.05) is 13.8 Å². The monoisotopic (exact) mass is 390 g/mol. The first-order valence-electron chi connectivity index (χ1n) is 9.67. The minimum absolute atomic E-state index is 0.0570. The van der Waals surface area contributed by atoms with E-state index in [1.54, 1.807) is 18.2 Å². The van der Waals surface area contributed by atoms with E-state index in [9.17, 15) is 14.4 Å². The highest BCUT2D eigenvalue weighted by molar-refractivity contribution is 5.99. The molecule has 0 radical (unpaired) electrons. The summed E-state index contributed by atoms with van der Waals surface area (Å²) < 4.78 is 16.2. The van der Waals surface area contributed by atoms with E-state index < -0.39 is 11.9 Å². The first kappa shape index (κ1) is 20.0. The lowest BCUT2D eigenvalue weighted by atomic mass is 10.1. The Morgan fingerprint density at radius 3 is 2.64 bits per heavy atom. The fourth-order valence-corrected chi connectivity index (χ4v) is 3.33. The van der Waals surface area contributed by atoms with Gasteiger partial charge in [-0.15, -0.1) is 0 Å². The average Bonchev–Trinajstić information content (AvgIpc) is 3.11. The maximum atomic E-state index is 12.4. The van der Waals surface area contributed by atoms with Crippen LogP contribution in [0.2, 0.25) is 0 Å². The number of ether oxygens (including phenoxy) is 3. The van der Waals surface area contributed by atoms with Crippen molar-refractivity contribution in [3.05, 3.63) is 18.2 Å². The molecule has 1 saturated heterocycles. The van der Waals surface area contributed by atoms with Crippen molar-refractivity contribution >= 4 is 23.5 Å². The summed E-state index contributed by atoms with van der Waals surface area (Å²) in [6.45, 7) is 4.80. The molecule has 1 aromatic rings. The third-order valence-corrected chi connectivity index (χ3v) is 4.99. The summed E-state index contributed by atoms with van der Waals surface area (Å²) in [4.78, 5) is 38.1. The average molecular weight is 390 g/mol. The molecular formula is C20H26N2O6. The maximum absolute atomic E-state index is 12.4. The summed E-state index contributed by atoms with van der Waals surface area (Å²) in [5, 5.41) is 2.82. The number of esters is 1. The van der Waals surface area contributed by atoms with E-state index in [2.05, 4.69) is 5.32 Å². The van der Waals surface area contributed by atoms with Gasteiger partial charge in [0.15, 0.2) is 18.1 Å². The third kappa shape index (κ3) is 4.55. The maximum Gasteiger partial charge on any atom is 0.311 e. The number of rotatable bonds is 7. The SMILES string of the molecule is CCC(CC)NC(=O)COC(=O)[C@@H]1CC(=O)N(c2ccc3c(c2)OCCO3)C1. The van der Waals surface area contributed by atoms with Crippen molar-refractivity contribution in [2.75, 3.05) is 31.3 Å². The second-order valence-electron chi connectivity index (χ2n) is 6.92. The van der Waals surface area contributed by atoms with Crippen LogP contribution in [0.4, 0.5) is 5.69 Å². The normalized spacial score (nSPS) is 18.3. The molecule has 152 valence electrons. The molecule has 0 saturated carbocycles. The number of anilines is 1. The Morgan fingerprint density at radius 2 is 1.93 bits per heavy atom. The van der Waals surface area contributed by atoms with E-state index in [0.29, 0.717) is 30.4 Å². The minimum atomic E-state index is -0.596. The van der Waals surface area contributed by atoms with Crippen molar-refractivity contribution in [3.63, 3.8) is 0 Å². The fourth-order valence-electron chi connectivity index (χ4n) is 3.33. The second-order valence-corrected chi connectivity index (χ2v) is 6.92. The van der Waals surface area contributed by atoms with Crippen LogP contribution in [0.3, 0.4) is 0 Å². The van der Waals surface area contributed by atoms with Gasteiger partial charge in [-0.25, -0.2) is 0 Å². The lowest BCUT2D eigenvalue weighted by molar-refractivity contribution is -0.152. The van der Waals surface area contributed by atoms with Crippen LogP contribution in [0, 0.1) is 5.92 Å². The molecule has 1 aromatic carbocycles. The smallest absolute Gasteiger partial charge is 0.311 e. The lowest BCUT2D eigenvalue weighted by Crippen LogP contribution is -2.37. The zero-order chi connectivity index (χ0) is 20.1. The van der Waals surface area contributed by atoms with Crippen LogP contribution in [-0.4, -0.2) is 50.2 Å². The molecule has 2 aliphatic rings. The number of nitrogens with one attached hydrogen (secondary N) is 1. The lowest BCUT2D eigenvalue weighted by Gasteiger charge is -2.22. The predicted octanol–water partition coefficient (Wildman–Crippen LogP) is 1.66. The first-order valence-corrected chi connectivity index (χ1v) is 9.67. The van der Waals surface area contributed by atoms with Crippen molar-refractivity contribution in [3.8, 4) is 11.5 Å². The second kappa shape index (κ2) is 8.95. The van der Waals surface area contributed by atoms with Gasteiger partial charge in [-0.2, -0.15) is 0 Å². The predicted molar refractivity (Wildman–Crippen MR) is 101 cm³/mol. The van der Waals surface area contributed by atoms with Crippen molar-refractivity contribution in [1.29, 1.82) is 0 Å². The van der Waals surface area contributed by atoms with E-state index in [0.717, 1.165) is 12.8 Å². The van der Waals surface area contributed by atoms with Crippen LogP contribution in [-0.2, 0) is 19.1 Å². The van der Waals surface area contributed by atoms with Crippen LogP contribution in [0.25, 0.3) is 0 Å². The number of hydrogen-bond donors (Lipinski definition) is 1. The zero-order valence-corrected chi connectivity index (χ0v) is 16.2. The summed E-state index contributed by atoms with van der Waals surface area (Å²) in [6.07, 6.45) is 1.69. The van der Waals surface area contributed by atoms with Gasteiger partial charge in [0, 0.05) is 30.8 Å². The summed E-state index contributed by atoms with van der Waals surface area (Å²) in [5.41, 5.74) is 0.649. The van der Waals surface area contributed by atoms with E-state index in [1.165, 1.54) is 4.90 Å². The molecule has 2 amide bonds. The van der Waals surface area contributed by atoms with Gasteiger partial charge in [-0.3, -0.25) is 14.4 Å². The topological polar surface area (TPSA) is 94.2 Å². The number of carbonyl (C=O) groups excluding carboxylic acids is 3. The van der Waals surface area contributed by atoms with Gasteiger partial charge in [-0.05, 0) is 25.0 Å². The number of benzene rings is 1. The molecule has 1 atom stereocenters. The molecule has 2 heterocycles. The highest BCUT2D eigenvalue weighted by Crippen LogP contribution is 2.36. The van der Waals surface area contributed by atoms with E-state index in [4.69, 9.17) is 14.2 Å². The van der Waals surface area contributed by atoms with Crippen LogP contribution in [0.1, 0.15) is 33.1 Å². The molecule has 28 heavy (non-hydrogen) atoms. The molecule has 0 bridgehead atoms. The van der Waals surface area contributed by atoms with Gasteiger partial charge in [0.05, 0.1) is 5.92 Å². The van der Waals surface area contributed by atoms with E-state index in [1.807, 2.05) is 13.8 Å². The first-order chi connectivity index (χ1) is 13.5. The number of carbonyl (C=O) groups is 3. The highest BCUT2D eigenvalue weighted by Gasteiger charge is 2.36. The van der Waals surface area contributed by atoms with Crippen LogP contribution < -0.4 is 19.7 Å². The number of nitrogens with zero attached hydrogens (tertiary/aromatic N) is 1. The van der Waals surface area contributed by atoms with E-state index >= 15 is 0 Å². The molecule has 2 aliphatic heterocycles. The molecule has 1 fully saturated rings. The van der Waals surface area contributed by atoms with Gasteiger partial charge in [0.1, 0.15) is 13.2 Å². The Morgan fingerprint density at radius 1 is 1.21 bits per heavy atom. The number of hydrogen-bond acceptors (Lipinski definition) is 6. The molecule has 0 spiro atoms. The molecule has 1 N–H and O–H groups in total. The van der Waals surface area contributed by atoms with Gasteiger partial charge in [0.25, 0.3) is 5.91 Å². The number of amides is 2. The standard InChI is InChI=1S/C20H26N2O6/c1-3-14(4-2)21-18(23)12-28-20(25)13-9-19(24)22(11-13)15-5-6-16-17(10-15)27-8-7-26-16/h5-6,10,13-14H,3-4,7-9,11-12H2,1-2H3,(H,21,23)/t13-/m1/s1. The molecule has 8 heteroatoms. The van der Waals surface area contributed by atoms with E-state index in [-0.39, 0.29) is 37.4 Å². The van der Waals surface area contributed by atoms with Crippen molar-refractivity contribution in [1.82, 2.24) is 5.32 Å². The fraction of sp³-hybridized carbons (Fsp3) is 0.550. The van der Waals surface area contributed by atoms with Crippen molar-refractivity contribution in [2.45, 2.75) is 39.2 Å². The molecule has 3 rings (SSSR count). The Balaban J connectivity index is 1.55. The van der Waals surface area contributed by atoms with Crippen molar-refractivity contribution < 1.29 is 28.6 Å². The summed E-state index contributed by atoms with van der Waals surface area (Å²) in [5.74, 6) is -0.397. The van der Waals surface area contributed by atoms with Crippen LogP contribution >= 0.6 is 0 Å². The Labute approximate surface area is 164 Å². The Hall–Kier alpha value is -2.77.